The summed E-state index contributed by atoms with van der Waals surface area (Å²) in [6.07, 6.45) is 1.03. The normalized spacial score (nSPS) is 25.0. The molecule has 2 aromatic rings. The van der Waals surface area contributed by atoms with Crippen molar-refractivity contribution < 1.29 is 17.9 Å². The number of sulfonamides is 1. The first-order chi connectivity index (χ1) is 14.2. The minimum atomic E-state index is -3.89. The number of nitrogens with one attached hydrogen (secondary N) is 1. The van der Waals surface area contributed by atoms with Gasteiger partial charge >= 0.3 is 0 Å². The number of hydrogen-bond donors (Lipinski definition) is 2. The lowest BCUT2D eigenvalue weighted by atomic mass is 9.97. The Labute approximate surface area is 183 Å². The van der Waals surface area contributed by atoms with Gasteiger partial charge in [0.05, 0.1) is 21.4 Å². The molecule has 1 fully saturated rings. The topological polar surface area (TPSA) is 127 Å². The van der Waals surface area contributed by atoms with Crippen LogP contribution in [0.15, 0.2) is 29.3 Å². The number of hydrogen-bond acceptors (Lipinski definition) is 8. The lowest BCUT2D eigenvalue weighted by Gasteiger charge is -2.37. The third kappa shape index (κ3) is 3.25. The molecule has 0 spiro atoms. The number of anilines is 1. The molecular weight excluding hydrogens is 450 g/mol. The number of aromatic nitrogens is 1. The molecule has 1 amide bonds. The van der Waals surface area contributed by atoms with Crippen LogP contribution in [0.5, 0.6) is 0 Å². The Morgan fingerprint density at radius 2 is 2.27 bits per heavy atom. The van der Waals surface area contributed by atoms with Gasteiger partial charge < -0.3 is 15.8 Å². The van der Waals surface area contributed by atoms with Gasteiger partial charge in [-0.25, -0.2) is 22.7 Å². The summed E-state index contributed by atoms with van der Waals surface area (Å²) in [6.45, 7) is 2.15. The Bertz CT molecular complexity index is 1150. The highest BCUT2D eigenvalue weighted by Gasteiger charge is 2.59. The maximum Gasteiger partial charge on any atom is 0.267 e. The van der Waals surface area contributed by atoms with Gasteiger partial charge in [-0.05, 0) is 24.6 Å². The number of pyridine rings is 1. The number of thiophene rings is 1. The van der Waals surface area contributed by atoms with Gasteiger partial charge in [-0.1, -0.05) is 24.6 Å². The predicted molar refractivity (Wildman–Crippen MR) is 115 cm³/mol. The first kappa shape index (κ1) is 21.0. The highest BCUT2D eigenvalue weighted by Crippen LogP contribution is 2.50. The summed E-state index contributed by atoms with van der Waals surface area (Å²) in [5.74, 6) is -0.115. The van der Waals surface area contributed by atoms with Crippen LogP contribution < -0.4 is 11.1 Å². The molecule has 4 heterocycles. The van der Waals surface area contributed by atoms with E-state index in [0.29, 0.717) is 15.6 Å². The van der Waals surface area contributed by atoms with Gasteiger partial charge in [-0.15, -0.1) is 11.3 Å². The van der Waals surface area contributed by atoms with Crippen LogP contribution in [0.4, 0.5) is 5.82 Å². The first-order valence-electron chi connectivity index (χ1n) is 9.21. The van der Waals surface area contributed by atoms with Gasteiger partial charge in [0, 0.05) is 19.2 Å². The number of carbonyl (C=O) groups is 1. The number of carbonyl (C=O) groups excluding carboxylic acids is 1. The number of halogens is 1. The summed E-state index contributed by atoms with van der Waals surface area (Å²) in [5.41, 5.74) is 4.21. The van der Waals surface area contributed by atoms with Crippen LogP contribution in [-0.2, 0) is 26.7 Å². The van der Waals surface area contributed by atoms with Gasteiger partial charge in [0.25, 0.3) is 15.9 Å². The van der Waals surface area contributed by atoms with Crippen molar-refractivity contribution in [1.29, 1.82) is 0 Å². The molecule has 1 saturated heterocycles. The third-order valence-electron chi connectivity index (χ3n) is 5.15. The van der Waals surface area contributed by atoms with E-state index in [1.54, 1.807) is 6.07 Å². The number of aliphatic imine (C=N–C) groups is 1. The van der Waals surface area contributed by atoms with Crippen LogP contribution >= 0.6 is 22.9 Å². The molecular formula is C18H20ClN5O4S2. The number of fused-ring (bicyclic) bond motifs is 1. The number of nitrogens with two attached hydrogens (primary N) is 1. The van der Waals surface area contributed by atoms with E-state index in [0.717, 1.165) is 27.8 Å². The first-order valence-corrected chi connectivity index (χ1v) is 11.9. The number of nitrogens with zero attached hydrogens (tertiary/aromatic N) is 3. The van der Waals surface area contributed by atoms with E-state index in [-0.39, 0.29) is 24.0 Å². The van der Waals surface area contributed by atoms with E-state index >= 15 is 0 Å². The molecule has 12 heteroatoms. The van der Waals surface area contributed by atoms with Crippen molar-refractivity contribution >= 4 is 50.6 Å². The second-order valence-corrected chi connectivity index (χ2v) is 10.4. The van der Waals surface area contributed by atoms with Crippen molar-refractivity contribution in [2.24, 2.45) is 10.7 Å². The van der Waals surface area contributed by atoms with Gasteiger partial charge in [-0.2, -0.15) is 0 Å². The molecule has 0 aromatic carbocycles. The lowest BCUT2D eigenvalue weighted by molar-refractivity contribution is 0.103. The van der Waals surface area contributed by atoms with E-state index in [2.05, 4.69) is 15.3 Å². The molecule has 4 rings (SSSR count). The van der Waals surface area contributed by atoms with Crippen molar-refractivity contribution in [3.8, 4) is 0 Å². The molecule has 0 bridgehead atoms. The Hall–Kier alpha value is -2.21. The highest BCUT2D eigenvalue weighted by molar-refractivity contribution is 7.90. The average Bonchev–Trinajstić information content (AvgIpc) is 3.31. The van der Waals surface area contributed by atoms with Gasteiger partial charge in [-0.3, -0.25) is 4.79 Å². The maximum atomic E-state index is 12.9. The second-order valence-electron chi connectivity index (χ2n) is 6.97. The Balaban J connectivity index is 1.71. The summed E-state index contributed by atoms with van der Waals surface area (Å²) < 4.78 is 32.1. The van der Waals surface area contributed by atoms with Crippen molar-refractivity contribution in [2.45, 2.75) is 30.7 Å². The van der Waals surface area contributed by atoms with E-state index in [9.17, 15) is 13.2 Å². The average molecular weight is 470 g/mol. The zero-order valence-electron chi connectivity index (χ0n) is 16.3. The third-order valence-corrected chi connectivity index (χ3v) is 8.87. The highest BCUT2D eigenvalue weighted by atomic mass is 35.5. The minimum Gasteiger partial charge on any atom is -0.369 e. The summed E-state index contributed by atoms with van der Waals surface area (Å²) >= 11 is 7.53. The molecule has 2 aliphatic heterocycles. The minimum absolute atomic E-state index is 0.146. The molecule has 2 aliphatic rings. The van der Waals surface area contributed by atoms with Crippen LogP contribution in [-0.4, -0.2) is 48.7 Å². The fourth-order valence-electron chi connectivity index (χ4n) is 3.54. The Morgan fingerprint density at radius 3 is 3.00 bits per heavy atom. The Kier molecular flexibility index (Phi) is 5.25. The van der Waals surface area contributed by atoms with E-state index in [1.807, 2.05) is 19.1 Å². The van der Waals surface area contributed by atoms with Crippen LogP contribution in [0.1, 0.15) is 33.6 Å². The number of guanidine groups is 1. The molecule has 0 aliphatic carbocycles. The molecule has 9 nitrogen and oxygen atoms in total. The van der Waals surface area contributed by atoms with Crippen LogP contribution in [0.3, 0.4) is 0 Å². The van der Waals surface area contributed by atoms with Crippen molar-refractivity contribution in [3.05, 3.63) is 44.7 Å². The lowest BCUT2D eigenvalue weighted by Crippen LogP contribution is -2.55. The molecule has 2 unspecified atom stereocenters. The molecule has 0 radical (unpaired) electrons. The molecule has 2 aromatic heterocycles. The monoisotopic (exact) mass is 469 g/mol. The second kappa shape index (κ2) is 7.49. The molecule has 2 atom stereocenters. The standard InChI is InChI=1S/C18H20ClN5O4S2/c1-3-10-5-4-6-13(21-10)22-15(25)12-9-11(19)14(29-12)18-7-8-28-16(18)30(26,27)24(2)17(20)23-18/h4-6,9,16H,3,7-8H2,1-2H3,(H2,20,23)(H,21,22,25). The van der Waals surface area contributed by atoms with Gasteiger partial charge in [0.2, 0.25) is 11.4 Å². The largest absolute Gasteiger partial charge is 0.369 e. The van der Waals surface area contributed by atoms with E-state index < -0.39 is 26.9 Å². The molecule has 30 heavy (non-hydrogen) atoms. The van der Waals surface area contributed by atoms with E-state index in [4.69, 9.17) is 22.1 Å². The molecule has 3 N–H and O–H groups in total. The summed E-state index contributed by atoms with van der Waals surface area (Å²) in [5, 5.41) is 2.99. The maximum absolute atomic E-state index is 12.9. The van der Waals surface area contributed by atoms with Crippen molar-refractivity contribution in [3.63, 3.8) is 0 Å². The van der Waals surface area contributed by atoms with Gasteiger partial charge in [0.15, 0.2) is 0 Å². The van der Waals surface area contributed by atoms with Crippen molar-refractivity contribution in [1.82, 2.24) is 9.29 Å². The number of amides is 1. The van der Waals surface area contributed by atoms with Crippen LogP contribution in [0.2, 0.25) is 5.02 Å². The zero-order valence-corrected chi connectivity index (χ0v) is 18.6. The molecule has 0 saturated carbocycles. The van der Waals surface area contributed by atoms with Crippen molar-refractivity contribution in [2.75, 3.05) is 19.0 Å². The SMILES string of the molecule is CCc1cccc(NC(=O)c2cc(Cl)c(C34CCOC3S(=O)(=O)N(C)C(N)=N4)s2)n1. The summed E-state index contributed by atoms with van der Waals surface area (Å²) in [7, 11) is -2.56. The number of aryl methyl sites for hydroxylation is 1. The zero-order chi connectivity index (χ0) is 21.7. The quantitative estimate of drug-likeness (QED) is 0.706. The van der Waals surface area contributed by atoms with Crippen LogP contribution in [0, 0.1) is 0 Å². The fraction of sp³-hybridized carbons (Fsp3) is 0.389. The fourth-order valence-corrected chi connectivity index (χ4v) is 6.83. The number of rotatable bonds is 4. The number of ether oxygens (including phenoxy) is 1. The van der Waals surface area contributed by atoms with E-state index in [1.165, 1.54) is 13.1 Å². The molecule has 160 valence electrons. The Morgan fingerprint density at radius 1 is 1.50 bits per heavy atom. The summed E-state index contributed by atoms with van der Waals surface area (Å²) in [6, 6.07) is 6.88. The van der Waals surface area contributed by atoms with Gasteiger partial charge in [0.1, 0.15) is 11.4 Å². The smallest absolute Gasteiger partial charge is 0.267 e. The summed E-state index contributed by atoms with van der Waals surface area (Å²) in [4.78, 5) is 22.3. The predicted octanol–water partition coefficient (Wildman–Crippen LogP) is 2.14. The van der Waals surface area contributed by atoms with Crippen LogP contribution in [0.25, 0.3) is 0 Å².